The number of amidine groups is 1. The highest BCUT2D eigenvalue weighted by Gasteiger charge is 2.35. The van der Waals surface area contributed by atoms with Gasteiger partial charge in [0.05, 0.1) is 19.6 Å². The maximum absolute atomic E-state index is 11.2. The van der Waals surface area contributed by atoms with Crippen molar-refractivity contribution in [3.8, 4) is 0 Å². The van der Waals surface area contributed by atoms with Gasteiger partial charge in [-0.05, 0) is 39.0 Å². The molecule has 1 heterocycles. The predicted octanol–water partition coefficient (Wildman–Crippen LogP) is 6.41. The highest BCUT2D eigenvalue weighted by molar-refractivity contribution is 5.77. The molecule has 1 rings (SSSR count). The molecule has 4 heteroatoms. The van der Waals surface area contributed by atoms with Crippen LogP contribution in [0.3, 0.4) is 0 Å². The number of nitrogens with zero attached hydrogens (tertiary/aromatic N) is 2. The Morgan fingerprint density at radius 2 is 1.53 bits per heavy atom. The Kier molecular flexibility index (Phi) is 15.7. The summed E-state index contributed by atoms with van der Waals surface area (Å²) in [6.07, 6.45) is 23.4. The minimum absolute atomic E-state index is 0.0698. The Balaban J connectivity index is 2.01. The van der Waals surface area contributed by atoms with Crippen molar-refractivity contribution in [2.45, 2.75) is 111 Å². The maximum Gasteiger partial charge on any atom is 0.217 e. The summed E-state index contributed by atoms with van der Waals surface area (Å²) in [4.78, 5) is 16.0. The van der Waals surface area contributed by atoms with Gasteiger partial charge in [-0.3, -0.25) is 9.28 Å². The Labute approximate surface area is 187 Å². The minimum Gasteiger partial charge on any atom is -0.351 e. The first-order chi connectivity index (χ1) is 14.6. The molecule has 4 nitrogen and oxygen atoms in total. The highest BCUT2D eigenvalue weighted by atomic mass is 16.1. The van der Waals surface area contributed by atoms with Crippen molar-refractivity contribution in [2.75, 3.05) is 32.7 Å². The molecule has 0 aliphatic carbocycles. The lowest BCUT2D eigenvalue weighted by Gasteiger charge is -2.33. The molecule has 1 atom stereocenters. The van der Waals surface area contributed by atoms with Crippen LogP contribution in [0.15, 0.2) is 17.1 Å². The summed E-state index contributed by atoms with van der Waals surface area (Å²) in [5, 5.41) is 2.96. The SMILES string of the molecule is CCCCCC/C=C/CCCCCCCCCC1=NCC[N+]1(CC)CCNC(C)=O. The lowest BCUT2D eigenvalue weighted by Crippen LogP contribution is -2.54. The Hall–Kier alpha value is -1.16. The average molecular weight is 421 g/mol. The van der Waals surface area contributed by atoms with E-state index in [0.29, 0.717) is 0 Å². The molecule has 1 amide bonds. The first kappa shape index (κ1) is 26.9. The van der Waals surface area contributed by atoms with Crippen LogP contribution in [0.25, 0.3) is 0 Å². The smallest absolute Gasteiger partial charge is 0.217 e. The molecule has 30 heavy (non-hydrogen) atoms. The van der Waals surface area contributed by atoms with Crippen molar-refractivity contribution in [1.82, 2.24) is 5.32 Å². The number of quaternary nitrogens is 1. The van der Waals surface area contributed by atoms with Crippen molar-refractivity contribution < 1.29 is 9.28 Å². The third kappa shape index (κ3) is 11.9. The zero-order valence-electron chi connectivity index (χ0n) is 20.4. The molecular weight excluding hydrogens is 370 g/mol. The molecule has 174 valence electrons. The molecule has 1 N–H and O–H groups in total. The van der Waals surface area contributed by atoms with Crippen molar-refractivity contribution in [1.29, 1.82) is 0 Å². The molecule has 1 unspecified atom stereocenters. The van der Waals surface area contributed by atoms with Crippen LogP contribution in [-0.4, -0.2) is 48.9 Å². The number of rotatable bonds is 19. The van der Waals surface area contributed by atoms with Crippen LogP contribution in [0.5, 0.6) is 0 Å². The number of likely N-dealkylation sites (N-methyl/N-ethyl adjacent to an activating group) is 1. The van der Waals surface area contributed by atoms with Gasteiger partial charge >= 0.3 is 0 Å². The number of carbonyl (C=O) groups excluding carboxylic acids is 1. The van der Waals surface area contributed by atoms with E-state index in [4.69, 9.17) is 4.99 Å². The summed E-state index contributed by atoms with van der Waals surface area (Å²) in [6.45, 7) is 11.0. The maximum atomic E-state index is 11.2. The van der Waals surface area contributed by atoms with Gasteiger partial charge in [-0.2, -0.15) is 0 Å². The van der Waals surface area contributed by atoms with E-state index < -0.39 is 0 Å². The van der Waals surface area contributed by atoms with Crippen LogP contribution in [0, 0.1) is 0 Å². The Bertz CT molecular complexity index is 501. The van der Waals surface area contributed by atoms with Crippen LogP contribution in [0.2, 0.25) is 0 Å². The fourth-order valence-electron chi connectivity index (χ4n) is 4.51. The number of allylic oxidation sites excluding steroid dienone is 2. The largest absolute Gasteiger partial charge is 0.351 e. The number of unbranched alkanes of at least 4 members (excludes halogenated alkanes) is 11. The zero-order valence-corrected chi connectivity index (χ0v) is 20.4. The molecular formula is C26H50N3O+. The number of hydrogen-bond donors (Lipinski definition) is 1. The topological polar surface area (TPSA) is 41.5 Å². The molecule has 1 aliphatic rings. The third-order valence-corrected chi connectivity index (χ3v) is 6.55. The summed E-state index contributed by atoms with van der Waals surface area (Å²) >= 11 is 0. The molecule has 0 saturated heterocycles. The van der Waals surface area contributed by atoms with Crippen LogP contribution >= 0.6 is 0 Å². The van der Waals surface area contributed by atoms with Gasteiger partial charge in [0.2, 0.25) is 5.91 Å². The van der Waals surface area contributed by atoms with Gasteiger partial charge in [0.15, 0.2) is 5.84 Å². The second-order valence-electron chi connectivity index (χ2n) is 9.02. The van der Waals surface area contributed by atoms with Crippen molar-refractivity contribution in [3.63, 3.8) is 0 Å². The number of nitrogens with one attached hydrogen (secondary N) is 1. The number of hydrogen-bond acceptors (Lipinski definition) is 2. The average Bonchev–Trinajstić information content (AvgIpc) is 3.13. The fraction of sp³-hybridized carbons (Fsp3) is 0.846. The Morgan fingerprint density at radius 1 is 0.933 bits per heavy atom. The van der Waals surface area contributed by atoms with Crippen molar-refractivity contribution in [2.24, 2.45) is 4.99 Å². The standard InChI is InChI=1S/C26H49N3O/c1-4-6-7-8-9-10-11-12-13-14-15-16-17-18-19-20-26-28-22-24-29(26,5-2)23-21-27-25(3)30/h10-11H,4-9,12-24H2,1-3H3/p+1/b11-10+. The summed E-state index contributed by atoms with van der Waals surface area (Å²) in [5.41, 5.74) is 0. The van der Waals surface area contributed by atoms with Crippen LogP contribution < -0.4 is 5.32 Å². The molecule has 0 aromatic heterocycles. The van der Waals surface area contributed by atoms with Gasteiger partial charge in [-0.1, -0.05) is 70.4 Å². The molecule has 0 radical (unpaired) electrons. The quantitative estimate of drug-likeness (QED) is 0.146. The summed E-state index contributed by atoms with van der Waals surface area (Å²) in [7, 11) is 0. The van der Waals surface area contributed by atoms with E-state index in [9.17, 15) is 4.79 Å². The first-order valence-corrected chi connectivity index (χ1v) is 12.9. The van der Waals surface area contributed by atoms with Gasteiger partial charge < -0.3 is 5.32 Å². The minimum atomic E-state index is 0.0698. The molecule has 1 aliphatic heterocycles. The van der Waals surface area contributed by atoms with Gasteiger partial charge in [-0.25, -0.2) is 4.99 Å². The number of amides is 1. The Morgan fingerprint density at radius 3 is 2.13 bits per heavy atom. The van der Waals surface area contributed by atoms with E-state index >= 15 is 0 Å². The normalized spacial score (nSPS) is 18.8. The fourth-order valence-corrected chi connectivity index (χ4v) is 4.51. The predicted molar refractivity (Wildman–Crippen MR) is 131 cm³/mol. The van der Waals surface area contributed by atoms with Gasteiger partial charge in [0, 0.05) is 13.3 Å². The molecule has 0 saturated carbocycles. The van der Waals surface area contributed by atoms with Crippen LogP contribution in [0.4, 0.5) is 0 Å². The van der Waals surface area contributed by atoms with E-state index in [1.807, 2.05) is 0 Å². The first-order valence-electron chi connectivity index (χ1n) is 12.9. The molecule has 0 spiro atoms. The van der Waals surface area contributed by atoms with Gasteiger partial charge in [0.1, 0.15) is 13.1 Å². The van der Waals surface area contributed by atoms with Crippen LogP contribution in [-0.2, 0) is 4.79 Å². The van der Waals surface area contributed by atoms with E-state index in [2.05, 4.69) is 31.3 Å². The molecule has 0 fully saturated rings. The summed E-state index contributed by atoms with van der Waals surface area (Å²) < 4.78 is 0.992. The number of carbonyl (C=O) groups is 1. The third-order valence-electron chi connectivity index (χ3n) is 6.55. The second-order valence-corrected chi connectivity index (χ2v) is 9.02. The monoisotopic (exact) mass is 420 g/mol. The van der Waals surface area contributed by atoms with E-state index in [1.165, 1.54) is 89.3 Å². The van der Waals surface area contributed by atoms with Crippen LogP contribution in [0.1, 0.15) is 111 Å². The van der Waals surface area contributed by atoms with Gasteiger partial charge in [0.25, 0.3) is 0 Å². The molecule has 0 bridgehead atoms. The zero-order chi connectivity index (χ0) is 21.9. The molecule has 0 aromatic carbocycles. The molecule has 0 aromatic rings. The lowest BCUT2D eigenvalue weighted by molar-refractivity contribution is -0.833. The van der Waals surface area contributed by atoms with E-state index in [0.717, 1.165) is 43.6 Å². The number of aliphatic imine (C=N–C) groups is 1. The van der Waals surface area contributed by atoms with Gasteiger partial charge in [-0.15, -0.1) is 0 Å². The summed E-state index contributed by atoms with van der Waals surface area (Å²) in [6, 6.07) is 0. The highest BCUT2D eigenvalue weighted by Crippen LogP contribution is 2.20. The second kappa shape index (κ2) is 17.5. The van der Waals surface area contributed by atoms with Crippen molar-refractivity contribution in [3.05, 3.63) is 12.2 Å². The summed E-state index contributed by atoms with van der Waals surface area (Å²) in [5.74, 6) is 1.45. The van der Waals surface area contributed by atoms with Crippen molar-refractivity contribution >= 4 is 11.7 Å². The van der Waals surface area contributed by atoms with E-state index in [-0.39, 0.29) is 5.91 Å². The lowest BCUT2D eigenvalue weighted by atomic mass is 10.1. The van der Waals surface area contributed by atoms with E-state index in [1.54, 1.807) is 6.92 Å².